The minimum absolute atomic E-state index is 0.0108. The molecule has 1 fully saturated rings. The van der Waals surface area contributed by atoms with Gasteiger partial charge in [0.25, 0.3) is 0 Å². The molecule has 20 heavy (non-hydrogen) atoms. The lowest BCUT2D eigenvalue weighted by atomic mass is 10.4. The zero-order chi connectivity index (χ0) is 14.3. The maximum Gasteiger partial charge on any atom is 0.357 e. The highest BCUT2D eigenvalue weighted by atomic mass is 127. The first-order valence-electron chi connectivity index (χ1n) is 5.88. The van der Waals surface area contributed by atoms with Crippen LogP contribution in [0.4, 0.5) is 5.82 Å². The van der Waals surface area contributed by atoms with Crippen LogP contribution in [0, 0.1) is 3.70 Å². The minimum Gasteiger partial charge on any atom is -0.476 e. The average molecular weight is 453 g/mol. The summed E-state index contributed by atoms with van der Waals surface area (Å²) in [5.41, 5.74) is 0.528. The summed E-state index contributed by atoms with van der Waals surface area (Å²) in [6.45, 7) is 2.70. The Morgan fingerprint density at radius 3 is 2.75 bits per heavy atom. The number of aromatic nitrogens is 3. The number of morpholine rings is 1. The van der Waals surface area contributed by atoms with E-state index in [0.717, 1.165) is 16.8 Å². The highest BCUT2D eigenvalue weighted by Crippen LogP contribution is 2.27. The molecule has 1 saturated heterocycles. The van der Waals surface area contributed by atoms with Gasteiger partial charge in [-0.25, -0.2) is 14.8 Å². The number of hydrogen-bond donors (Lipinski definition) is 1. The van der Waals surface area contributed by atoms with Crippen molar-refractivity contribution < 1.29 is 14.6 Å². The van der Waals surface area contributed by atoms with E-state index in [1.54, 1.807) is 10.6 Å². The molecule has 0 aromatic carbocycles. The van der Waals surface area contributed by atoms with Crippen LogP contribution in [0.1, 0.15) is 10.5 Å². The Morgan fingerprint density at radius 2 is 2.10 bits per heavy atom. The molecule has 0 spiro atoms. The Morgan fingerprint density at radius 1 is 1.40 bits per heavy atom. The zero-order valence-electron chi connectivity index (χ0n) is 10.2. The molecule has 3 rings (SSSR count). The maximum absolute atomic E-state index is 11.2. The standard InChI is InChI=1S/C11H10BrIN4O3/c12-8-7(11(18)19)15-10-9(14-6(13)5-17(8)10)16-1-3-20-4-2-16/h5H,1-4H2,(H,18,19). The van der Waals surface area contributed by atoms with Gasteiger partial charge in [-0.2, -0.15) is 0 Å². The van der Waals surface area contributed by atoms with Gasteiger partial charge in [-0.05, 0) is 38.5 Å². The van der Waals surface area contributed by atoms with Gasteiger partial charge < -0.3 is 14.7 Å². The summed E-state index contributed by atoms with van der Waals surface area (Å²) in [6, 6.07) is 0. The predicted octanol–water partition coefficient (Wildman–Crippen LogP) is 1.63. The van der Waals surface area contributed by atoms with E-state index in [2.05, 4.69) is 53.4 Å². The van der Waals surface area contributed by atoms with Crippen molar-refractivity contribution in [2.75, 3.05) is 31.2 Å². The smallest absolute Gasteiger partial charge is 0.357 e. The fourth-order valence-corrected chi connectivity index (χ4v) is 3.13. The Kier molecular flexibility index (Phi) is 3.82. The number of halogens is 2. The van der Waals surface area contributed by atoms with E-state index in [1.807, 2.05) is 0 Å². The molecule has 0 saturated carbocycles. The monoisotopic (exact) mass is 452 g/mol. The molecule has 2 aromatic rings. The van der Waals surface area contributed by atoms with E-state index in [-0.39, 0.29) is 5.69 Å². The second-order valence-corrected chi connectivity index (χ2v) is 6.09. The number of aromatic carboxylic acids is 1. The summed E-state index contributed by atoms with van der Waals surface area (Å²) in [7, 11) is 0. The van der Waals surface area contributed by atoms with E-state index in [1.165, 1.54) is 0 Å². The lowest BCUT2D eigenvalue weighted by molar-refractivity contribution is 0.0690. The number of hydrogen-bond acceptors (Lipinski definition) is 5. The van der Waals surface area contributed by atoms with Crippen LogP contribution in [-0.4, -0.2) is 51.7 Å². The van der Waals surface area contributed by atoms with Crippen molar-refractivity contribution in [3.8, 4) is 0 Å². The Hall–Kier alpha value is -0.940. The van der Waals surface area contributed by atoms with Crippen LogP contribution in [0.5, 0.6) is 0 Å². The van der Waals surface area contributed by atoms with Crippen molar-refractivity contribution in [1.82, 2.24) is 14.4 Å². The molecular weight excluding hydrogens is 443 g/mol. The van der Waals surface area contributed by atoms with Crippen LogP contribution in [0.3, 0.4) is 0 Å². The fourth-order valence-electron chi connectivity index (χ4n) is 2.10. The van der Waals surface area contributed by atoms with Crippen LogP contribution in [-0.2, 0) is 4.74 Å². The quantitative estimate of drug-likeness (QED) is 0.697. The summed E-state index contributed by atoms with van der Waals surface area (Å²) in [5, 5.41) is 9.18. The molecule has 0 amide bonds. The van der Waals surface area contributed by atoms with Crippen LogP contribution in [0.15, 0.2) is 10.8 Å². The number of carboxylic acids is 1. The summed E-state index contributed by atoms with van der Waals surface area (Å²) in [5.74, 6) is -0.378. The first kappa shape index (κ1) is 14.0. The molecule has 2 aromatic heterocycles. The van der Waals surface area contributed by atoms with Crippen molar-refractivity contribution in [3.05, 3.63) is 20.2 Å². The molecule has 0 radical (unpaired) electrons. The largest absolute Gasteiger partial charge is 0.476 e. The third-order valence-corrected chi connectivity index (χ3v) is 4.29. The molecule has 0 aliphatic carbocycles. The van der Waals surface area contributed by atoms with Gasteiger partial charge in [-0.1, -0.05) is 0 Å². The summed E-state index contributed by atoms with van der Waals surface area (Å²) in [6.07, 6.45) is 1.75. The van der Waals surface area contributed by atoms with Crippen molar-refractivity contribution in [1.29, 1.82) is 0 Å². The number of rotatable bonds is 2. The van der Waals surface area contributed by atoms with Gasteiger partial charge in [0.2, 0.25) is 0 Å². The molecule has 9 heteroatoms. The van der Waals surface area contributed by atoms with Gasteiger partial charge in [0.15, 0.2) is 17.2 Å². The maximum atomic E-state index is 11.2. The predicted molar refractivity (Wildman–Crippen MR) is 83.4 cm³/mol. The first-order valence-corrected chi connectivity index (χ1v) is 7.75. The molecule has 0 unspecified atom stereocenters. The number of anilines is 1. The molecule has 7 nitrogen and oxygen atoms in total. The Balaban J connectivity index is 2.20. The molecular formula is C11H10BrIN4O3. The minimum atomic E-state index is -1.07. The van der Waals surface area contributed by atoms with E-state index in [4.69, 9.17) is 4.74 Å². The van der Waals surface area contributed by atoms with Gasteiger partial charge >= 0.3 is 5.97 Å². The zero-order valence-corrected chi connectivity index (χ0v) is 14.0. The molecule has 1 aliphatic rings. The number of nitrogens with zero attached hydrogens (tertiary/aromatic N) is 4. The first-order chi connectivity index (χ1) is 9.58. The fraction of sp³-hybridized carbons (Fsp3) is 0.364. The van der Waals surface area contributed by atoms with E-state index < -0.39 is 5.97 Å². The highest BCUT2D eigenvalue weighted by Gasteiger charge is 2.23. The normalized spacial score (nSPS) is 15.8. The number of fused-ring (bicyclic) bond motifs is 1. The summed E-state index contributed by atoms with van der Waals surface area (Å²) < 4.78 is 8.24. The van der Waals surface area contributed by atoms with Crippen LogP contribution < -0.4 is 4.90 Å². The summed E-state index contributed by atoms with van der Waals surface area (Å²) in [4.78, 5) is 22.0. The third kappa shape index (κ3) is 2.37. The van der Waals surface area contributed by atoms with Crippen LogP contribution in [0.25, 0.3) is 5.65 Å². The lowest BCUT2D eigenvalue weighted by Crippen LogP contribution is -2.37. The molecule has 1 N–H and O–H groups in total. The Bertz CT molecular complexity index is 684. The number of carboxylic acid groups (broad SMARTS) is 1. The molecule has 0 bridgehead atoms. The third-order valence-electron chi connectivity index (χ3n) is 3.01. The second-order valence-electron chi connectivity index (χ2n) is 4.24. The van der Waals surface area contributed by atoms with E-state index in [9.17, 15) is 9.90 Å². The van der Waals surface area contributed by atoms with Gasteiger partial charge in [0.1, 0.15) is 8.30 Å². The van der Waals surface area contributed by atoms with E-state index >= 15 is 0 Å². The molecule has 1 aliphatic heterocycles. The molecule has 3 heterocycles. The number of carbonyl (C=O) groups is 1. The Labute approximate surface area is 136 Å². The van der Waals surface area contributed by atoms with Crippen LogP contribution >= 0.6 is 38.5 Å². The summed E-state index contributed by atoms with van der Waals surface area (Å²) >= 11 is 5.40. The number of imidazole rings is 1. The van der Waals surface area contributed by atoms with E-state index in [0.29, 0.717) is 29.3 Å². The highest BCUT2D eigenvalue weighted by molar-refractivity contribution is 14.1. The lowest BCUT2D eigenvalue weighted by Gasteiger charge is -2.28. The van der Waals surface area contributed by atoms with Gasteiger partial charge in [-0.15, -0.1) is 0 Å². The van der Waals surface area contributed by atoms with Gasteiger partial charge in [-0.3, -0.25) is 4.40 Å². The van der Waals surface area contributed by atoms with Gasteiger partial charge in [0.05, 0.1) is 13.2 Å². The average Bonchev–Trinajstić information content (AvgIpc) is 2.77. The van der Waals surface area contributed by atoms with Crippen molar-refractivity contribution in [3.63, 3.8) is 0 Å². The molecule has 0 atom stereocenters. The van der Waals surface area contributed by atoms with Crippen LogP contribution in [0.2, 0.25) is 0 Å². The van der Waals surface area contributed by atoms with Gasteiger partial charge in [0, 0.05) is 19.3 Å². The molecule has 106 valence electrons. The van der Waals surface area contributed by atoms with Crippen molar-refractivity contribution in [2.24, 2.45) is 0 Å². The SMILES string of the molecule is O=C(O)c1nc2c(N3CCOCC3)nc(I)cn2c1Br. The van der Waals surface area contributed by atoms with Crippen molar-refractivity contribution >= 4 is 56.0 Å². The second kappa shape index (κ2) is 5.45. The van der Waals surface area contributed by atoms with Crippen molar-refractivity contribution in [2.45, 2.75) is 0 Å². The number of ether oxygens (including phenoxy) is 1. The topological polar surface area (TPSA) is 80.0 Å².